The largest absolute Gasteiger partial charge is 0.368 e. The van der Waals surface area contributed by atoms with Gasteiger partial charge in [0.25, 0.3) is 0 Å². The Kier molecular flexibility index (Phi) is 4.98. The third-order valence-corrected chi connectivity index (χ3v) is 5.76. The smallest absolute Gasteiger partial charge is 0.235 e. The standard InChI is InChI=1S/C21H26N4O/c22-20(26)19-10-17-8-4-5-9-18(17)14-25(19)13-15-11-23-21(24-12-15)16-6-2-1-3-7-16/h4-5,8-9,11-12,16,19H,1-3,6-7,10,13-14H2,(H2,22,26). The fourth-order valence-electron chi connectivity index (χ4n) is 4.28. The summed E-state index contributed by atoms with van der Waals surface area (Å²) in [5.41, 5.74) is 9.20. The number of hydrogen-bond donors (Lipinski definition) is 1. The van der Waals surface area contributed by atoms with Crippen molar-refractivity contribution in [2.24, 2.45) is 5.73 Å². The Bertz CT molecular complexity index is 768. The summed E-state index contributed by atoms with van der Waals surface area (Å²) in [6.45, 7) is 1.38. The highest BCUT2D eigenvalue weighted by molar-refractivity contribution is 5.80. The third-order valence-electron chi connectivity index (χ3n) is 5.76. The molecule has 1 saturated carbocycles. The lowest BCUT2D eigenvalue weighted by atomic mass is 9.89. The average molecular weight is 350 g/mol. The van der Waals surface area contributed by atoms with E-state index in [4.69, 9.17) is 5.73 Å². The number of hydrogen-bond acceptors (Lipinski definition) is 4. The Balaban J connectivity index is 1.49. The second kappa shape index (κ2) is 7.54. The van der Waals surface area contributed by atoms with Crippen molar-refractivity contribution in [1.82, 2.24) is 14.9 Å². The summed E-state index contributed by atoms with van der Waals surface area (Å²) in [6.07, 6.45) is 10.8. The Labute approximate surface area is 154 Å². The molecule has 136 valence electrons. The molecule has 1 aliphatic carbocycles. The highest BCUT2D eigenvalue weighted by atomic mass is 16.1. The summed E-state index contributed by atoms with van der Waals surface area (Å²) in [7, 11) is 0. The number of carbonyl (C=O) groups excluding carboxylic acids is 1. The average Bonchev–Trinajstić information content (AvgIpc) is 2.68. The molecule has 1 aromatic carbocycles. The topological polar surface area (TPSA) is 72.1 Å². The van der Waals surface area contributed by atoms with Gasteiger partial charge < -0.3 is 5.73 Å². The molecule has 1 aromatic heterocycles. The second-order valence-electron chi connectivity index (χ2n) is 7.58. The van der Waals surface area contributed by atoms with Gasteiger partial charge >= 0.3 is 0 Å². The van der Waals surface area contributed by atoms with E-state index in [9.17, 15) is 4.79 Å². The molecule has 26 heavy (non-hydrogen) atoms. The van der Waals surface area contributed by atoms with Gasteiger partial charge in [-0.05, 0) is 30.4 Å². The van der Waals surface area contributed by atoms with Crippen molar-refractivity contribution in [3.8, 4) is 0 Å². The second-order valence-corrected chi connectivity index (χ2v) is 7.58. The van der Waals surface area contributed by atoms with Crippen LogP contribution in [0.25, 0.3) is 0 Å². The number of nitrogens with two attached hydrogens (primary N) is 1. The molecule has 1 unspecified atom stereocenters. The predicted octanol–water partition coefficient (Wildman–Crippen LogP) is 2.94. The van der Waals surface area contributed by atoms with Crippen molar-refractivity contribution in [2.75, 3.05) is 0 Å². The van der Waals surface area contributed by atoms with Crippen LogP contribution in [0.5, 0.6) is 0 Å². The van der Waals surface area contributed by atoms with Gasteiger partial charge in [0.05, 0.1) is 6.04 Å². The van der Waals surface area contributed by atoms with Crippen LogP contribution in [-0.4, -0.2) is 26.8 Å². The van der Waals surface area contributed by atoms with Crippen LogP contribution < -0.4 is 5.73 Å². The van der Waals surface area contributed by atoms with Crippen LogP contribution in [0.2, 0.25) is 0 Å². The van der Waals surface area contributed by atoms with Crippen LogP contribution >= 0.6 is 0 Å². The number of carbonyl (C=O) groups is 1. The number of primary amides is 1. The van der Waals surface area contributed by atoms with E-state index >= 15 is 0 Å². The van der Waals surface area contributed by atoms with Gasteiger partial charge in [-0.2, -0.15) is 0 Å². The molecule has 2 heterocycles. The van der Waals surface area contributed by atoms with Crippen LogP contribution in [0, 0.1) is 0 Å². The van der Waals surface area contributed by atoms with Gasteiger partial charge in [-0.3, -0.25) is 9.69 Å². The van der Waals surface area contributed by atoms with Gasteiger partial charge in [-0.15, -0.1) is 0 Å². The Morgan fingerprint density at radius 2 is 1.77 bits per heavy atom. The summed E-state index contributed by atoms with van der Waals surface area (Å²) >= 11 is 0. The molecule has 1 amide bonds. The Morgan fingerprint density at radius 1 is 1.08 bits per heavy atom. The number of rotatable bonds is 4. The molecule has 2 aliphatic rings. The van der Waals surface area contributed by atoms with Gasteiger partial charge in [0, 0.05) is 37.0 Å². The molecule has 5 heteroatoms. The zero-order valence-corrected chi connectivity index (χ0v) is 15.1. The van der Waals surface area contributed by atoms with Crippen LogP contribution in [-0.2, 0) is 24.3 Å². The minimum Gasteiger partial charge on any atom is -0.368 e. The van der Waals surface area contributed by atoms with Crippen molar-refractivity contribution >= 4 is 5.91 Å². The summed E-state index contributed by atoms with van der Waals surface area (Å²) < 4.78 is 0. The summed E-state index contributed by atoms with van der Waals surface area (Å²) in [4.78, 5) is 23.4. The van der Waals surface area contributed by atoms with E-state index in [0.29, 0.717) is 18.9 Å². The first-order valence-electron chi connectivity index (χ1n) is 9.61. The molecule has 0 spiro atoms. The van der Waals surface area contributed by atoms with Gasteiger partial charge in [-0.25, -0.2) is 9.97 Å². The van der Waals surface area contributed by atoms with E-state index in [0.717, 1.165) is 17.9 Å². The lowest BCUT2D eigenvalue weighted by Crippen LogP contribution is -2.48. The first-order chi connectivity index (χ1) is 12.7. The van der Waals surface area contributed by atoms with Gasteiger partial charge in [0.1, 0.15) is 5.82 Å². The van der Waals surface area contributed by atoms with Crippen LogP contribution in [0.3, 0.4) is 0 Å². The maximum atomic E-state index is 12.0. The molecule has 0 radical (unpaired) electrons. The highest BCUT2D eigenvalue weighted by Crippen LogP contribution is 2.30. The SMILES string of the molecule is NC(=O)C1Cc2ccccc2CN1Cc1cnc(C2CCCCC2)nc1. The molecule has 1 fully saturated rings. The lowest BCUT2D eigenvalue weighted by molar-refractivity contribution is -0.124. The number of amides is 1. The van der Waals surface area contributed by atoms with E-state index in [1.807, 2.05) is 24.5 Å². The fourth-order valence-corrected chi connectivity index (χ4v) is 4.28. The summed E-state index contributed by atoms with van der Waals surface area (Å²) in [5.74, 6) is 1.22. The molecule has 0 saturated heterocycles. The molecule has 0 bridgehead atoms. The van der Waals surface area contributed by atoms with Crippen molar-refractivity contribution in [1.29, 1.82) is 0 Å². The van der Waals surface area contributed by atoms with Crippen molar-refractivity contribution in [2.45, 2.75) is 63.6 Å². The van der Waals surface area contributed by atoms with Gasteiger partial charge in [-0.1, -0.05) is 43.5 Å². The zero-order chi connectivity index (χ0) is 17.9. The van der Waals surface area contributed by atoms with Crippen LogP contribution in [0.4, 0.5) is 0 Å². The predicted molar refractivity (Wildman–Crippen MR) is 100 cm³/mol. The first kappa shape index (κ1) is 17.2. The van der Waals surface area contributed by atoms with E-state index in [2.05, 4.69) is 27.0 Å². The maximum Gasteiger partial charge on any atom is 0.235 e. The van der Waals surface area contributed by atoms with E-state index in [1.54, 1.807) is 0 Å². The van der Waals surface area contributed by atoms with Crippen molar-refractivity contribution < 1.29 is 4.79 Å². The molecule has 2 N–H and O–H groups in total. The minimum absolute atomic E-state index is 0.265. The quantitative estimate of drug-likeness (QED) is 0.920. The number of benzene rings is 1. The van der Waals surface area contributed by atoms with Crippen LogP contribution in [0.15, 0.2) is 36.7 Å². The first-order valence-corrected chi connectivity index (χ1v) is 9.61. The molecule has 5 nitrogen and oxygen atoms in total. The highest BCUT2D eigenvalue weighted by Gasteiger charge is 2.30. The number of aromatic nitrogens is 2. The third kappa shape index (κ3) is 3.63. The number of nitrogens with zero attached hydrogens (tertiary/aromatic N) is 3. The fraction of sp³-hybridized carbons (Fsp3) is 0.476. The van der Waals surface area contributed by atoms with Crippen molar-refractivity contribution in [3.05, 3.63) is 59.2 Å². The van der Waals surface area contributed by atoms with Crippen molar-refractivity contribution in [3.63, 3.8) is 0 Å². The number of fused-ring (bicyclic) bond motifs is 1. The van der Waals surface area contributed by atoms with E-state index in [-0.39, 0.29) is 11.9 Å². The monoisotopic (exact) mass is 350 g/mol. The normalized spacial score (nSPS) is 21.3. The minimum atomic E-state index is -0.275. The lowest BCUT2D eigenvalue weighted by Gasteiger charge is -2.35. The molecule has 4 rings (SSSR count). The summed E-state index contributed by atoms with van der Waals surface area (Å²) in [6, 6.07) is 8.00. The molecule has 1 aliphatic heterocycles. The van der Waals surface area contributed by atoms with E-state index < -0.39 is 0 Å². The molecule has 1 atom stereocenters. The van der Waals surface area contributed by atoms with Gasteiger partial charge in [0.15, 0.2) is 0 Å². The molecular formula is C21H26N4O. The van der Waals surface area contributed by atoms with Crippen LogP contribution in [0.1, 0.15) is 60.5 Å². The maximum absolute atomic E-state index is 12.0. The Morgan fingerprint density at radius 3 is 2.46 bits per heavy atom. The molecule has 2 aromatic rings. The zero-order valence-electron chi connectivity index (χ0n) is 15.1. The Hall–Kier alpha value is -2.27. The van der Waals surface area contributed by atoms with Gasteiger partial charge in [0.2, 0.25) is 5.91 Å². The summed E-state index contributed by atoms with van der Waals surface area (Å²) in [5, 5.41) is 0. The molecular weight excluding hydrogens is 324 g/mol. The van der Waals surface area contributed by atoms with E-state index in [1.165, 1.54) is 43.2 Å².